The molecule has 0 bridgehead atoms. The van der Waals surface area contributed by atoms with Gasteiger partial charge in [0.05, 0.1) is 5.56 Å². The highest BCUT2D eigenvalue weighted by Crippen LogP contribution is 2.22. The predicted octanol–water partition coefficient (Wildman–Crippen LogP) is 3.29. The number of sulfonamides is 1. The summed E-state index contributed by atoms with van der Waals surface area (Å²) in [6.07, 6.45) is 0. The molecule has 2 heterocycles. The van der Waals surface area contributed by atoms with Crippen LogP contribution < -0.4 is 0 Å². The van der Waals surface area contributed by atoms with Gasteiger partial charge in [0.1, 0.15) is 12.4 Å². The van der Waals surface area contributed by atoms with Crippen molar-refractivity contribution in [2.75, 3.05) is 14.1 Å². The number of hydrogen-bond donors (Lipinski definition) is 0. The second-order valence-corrected chi connectivity index (χ2v) is 8.62. The fourth-order valence-electron chi connectivity index (χ4n) is 2.91. The number of hydrogen-bond acceptors (Lipinski definition) is 5. The maximum absolute atomic E-state index is 12.5. The first-order chi connectivity index (χ1) is 13.2. The van der Waals surface area contributed by atoms with E-state index in [1.54, 1.807) is 6.07 Å². The Hall–Kier alpha value is -2.84. The van der Waals surface area contributed by atoms with E-state index < -0.39 is 16.0 Å². The van der Waals surface area contributed by atoms with Crippen molar-refractivity contribution in [3.8, 4) is 5.69 Å². The van der Waals surface area contributed by atoms with Crippen LogP contribution in [0.5, 0.6) is 0 Å². The van der Waals surface area contributed by atoms with Gasteiger partial charge in [0, 0.05) is 31.2 Å². The molecule has 0 radical (unpaired) electrons. The molecule has 0 fully saturated rings. The first-order valence-electron chi connectivity index (χ1n) is 8.64. The van der Waals surface area contributed by atoms with Crippen molar-refractivity contribution in [1.82, 2.24) is 8.87 Å². The molecule has 28 heavy (non-hydrogen) atoms. The first kappa shape index (κ1) is 19.9. The van der Waals surface area contributed by atoms with Gasteiger partial charge in [-0.05, 0) is 44.2 Å². The van der Waals surface area contributed by atoms with Crippen LogP contribution in [0.4, 0.5) is 0 Å². The minimum Gasteiger partial charge on any atom is -0.454 e. The van der Waals surface area contributed by atoms with Gasteiger partial charge in [0.15, 0.2) is 0 Å². The minimum atomic E-state index is -3.66. The van der Waals surface area contributed by atoms with Gasteiger partial charge in [-0.15, -0.1) is 0 Å². The van der Waals surface area contributed by atoms with Crippen LogP contribution in [0, 0.1) is 13.8 Å². The van der Waals surface area contributed by atoms with Gasteiger partial charge in [-0.3, -0.25) is 0 Å². The van der Waals surface area contributed by atoms with Crippen LogP contribution in [0.3, 0.4) is 0 Å². The van der Waals surface area contributed by atoms with Crippen molar-refractivity contribution >= 4 is 16.0 Å². The molecule has 3 rings (SSSR count). The third-order valence-corrected chi connectivity index (χ3v) is 6.07. The molecule has 0 atom stereocenters. The lowest BCUT2D eigenvalue weighted by Crippen LogP contribution is -2.21. The van der Waals surface area contributed by atoms with Gasteiger partial charge in [-0.25, -0.2) is 17.5 Å². The highest BCUT2D eigenvalue weighted by atomic mass is 32.2. The summed E-state index contributed by atoms with van der Waals surface area (Å²) in [6.45, 7) is 3.61. The zero-order chi connectivity index (χ0) is 20.5. The van der Waals surface area contributed by atoms with Crippen molar-refractivity contribution in [3.05, 3.63) is 71.2 Å². The third-order valence-electron chi connectivity index (χ3n) is 4.38. The Morgan fingerprint density at radius 2 is 1.79 bits per heavy atom. The van der Waals surface area contributed by atoms with Crippen LogP contribution in [-0.4, -0.2) is 37.4 Å². The minimum absolute atomic E-state index is 0.156. The van der Waals surface area contributed by atoms with Crippen molar-refractivity contribution in [1.29, 1.82) is 0 Å². The van der Waals surface area contributed by atoms with Gasteiger partial charge >= 0.3 is 5.97 Å². The first-order valence-corrected chi connectivity index (χ1v) is 10.1. The summed E-state index contributed by atoms with van der Waals surface area (Å²) >= 11 is 0. The number of carbonyl (C=O) groups excluding carboxylic acids is 1. The normalized spacial score (nSPS) is 11.8. The summed E-state index contributed by atoms with van der Waals surface area (Å²) < 4.78 is 37.8. The number of esters is 1. The molecule has 0 spiro atoms. The molecule has 1 aromatic carbocycles. The number of aryl methyl sites for hydroxylation is 1. The van der Waals surface area contributed by atoms with E-state index >= 15 is 0 Å². The Morgan fingerprint density at radius 1 is 1.11 bits per heavy atom. The number of rotatable bonds is 6. The molecule has 0 N–H and O–H groups in total. The monoisotopic (exact) mass is 402 g/mol. The molecule has 0 amide bonds. The lowest BCUT2D eigenvalue weighted by molar-refractivity contribution is 0.0440. The molecule has 8 heteroatoms. The third kappa shape index (κ3) is 3.74. The molecular weight excluding hydrogens is 380 g/mol. The van der Waals surface area contributed by atoms with Crippen LogP contribution in [0.1, 0.15) is 27.5 Å². The summed E-state index contributed by atoms with van der Waals surface area (Å²) in [4.78, 5) is 12.5. The number of nitrogens with zero attached hydrogens (tertiary/aromatic N) is 2. The fourth-order valence-corrected chi connectivity index (χ4v) is 3.72. The smallest absolute Gasteiger partial charge is 0.340 e. The lowest BCUT2D eigenvalue weighted by atomic mass is 10.2. The zero-order valence-corrected chi connectivity index (χ0v) is 17.0. The average Bonchev–Trinajstić information content (AvgIpc) is 3.25. The molecule has 148 valence electrons. The Morgan fingerprint density at radius 3 is 2.43 bits per heavy atom. The number of aromatic nitrogens is 1. The van der Waals surface area contributed by atoms with E-state index in [4.69, 9.17) is 9.15 Å². The zero-order valence-electron chi connectivity index (χ0n) is 16.2. The largest absolute Gasteiger partial charge is 0.454 e. The summed E-state index contributed by atoms with van der Waals surface area (Å²) in [7, 11) is -0.830. The number of carbonyl (C=O) groups is 1. The van der Waals surface area contributed by atoms with Crippen molar-refractivity contribution < 1.29 is 22.4 Å². The molecule has 3 aromatic rings. The van der Waals surface area contributed by atoms with E-state index in [0.29, 0.717) is 5.56 Å². The average molecular weight is 402 g/mol. The summed E-state index contributed by atoms with van der Waals surface area (Å²) in [5, 5.41) is -0.189. The van der Waals surface area contributed by atoms with Crippen molar-refractivity contribution in [2.45, 2.75) is 25.5 Å². The molecule has 7 nitrogen and oxygen atoms in total. The molecule has 0 aliphatic rings. The summed E-state index contributed by atoms with van der Waals surface area (Å²) in [5.41, 5.74) is 3.09. The highest BCUT2D eigenvalue weighted by molar-refractivity contribution is 7.88. The van der Waals surface area contributed by atoms with Crippen LogP contribution in [-0.2, 0) is 21.4 Å². The van der Waals surface area contributed by atoms with E-state index in [1.807, 2.05) is 48.7 Å². The molecule has 0 aliphatic heterocycles. The second-order valence-electron chi connectivity index (χ2n) is 6.54. The van der Waals surface area contributed by atoms with Crippen molar-refractivity contribution in [3.63, 3.8) is 0 Å². The Labute approximate surface area is 164 Å². The number of para-hydroxylation sites is 1. The molecule has 0 aliphatic carbocycles. The van der Waals surface area contributed by atoms with Gasteiger partial charge < -0.3 is 13.7 Å². The van der Waals surface area contributed by atoms with E-state index in [9.17, 15) is 13.2 Å². The maximum atomic E-state index is 12.5. The Balaban J connectivity index is 1.76. The van der Waals surface area contributed by atoms with Crippen LogP contribution >= 0.6 is 0 Å². The number of furan rings is 1. The SMILES string of the molecule is Cc1cc(C(=O)OCc2ccc(S(=O)(=O)N(C)C)o2)c(C)n1-c1ccccc1. The standard InChI is InChI=1S/C20H22N2O5S/c1-14-12-18(15(2)22(14)16-8-6-5-7-9-16)20(23)26-13-17-10-11-19(27-17)28(24,25)21(3)4/h5-12H,13H2,1-4H3. The molecule has 2 aromatic heterocycles. The second kappa shape index (κ2) is 7.65. The summed E-state index contributed by atoms with van der Waals surface area (Å²) in [6, 6.07) is 14.3. The molecule has 0 saturated heterocycles. The Kier molecular flexibility index (Phi) is 5.44. The van der Waals surface area contributed by atoms with E-state index in [0.717, 1.165) is 21.4 Å². The molecule has 0 saturated carbocycles. The highest BCUT2D eigenvalue weighted by Gasteiger charge is 2.22. The van der Waals surface area contributed by atoms with Gasteiger partial charge in [-0.1, -0.05) is 18.2 Å². The van der Waals surface area contributed by atoms with Gasteiger partial charge in [-0.2, -0.15) is 0 Å². The van der Waals surface area contributed by atoms with Crippen LogP contribution in [0.15, 0.2) is 58.0 Å². The maximum Gasteiger partial charge on any atom is 0.340 e. The molecular formula is C20H22N2O5S. The van der Waals surface area contributed by atoms with E-state index in [2.05, 4.69) is 0 Å². The number of benzene rings is 1. The van der Waals surface area contributed by atoms with E-state index in [1.165, 1.54) is 26.2 Å². The fraction of sp³-hybridized carbons (Fsp3) is 0.250. The van der Waals surface area contributed by atoms with Gasteiger partial charge in [0.25, 0.3) is 10.0 Å². The van der Waals surface area contributed by atoms with Crippen molar-refractivity contribution in [2.24, 2.45) is 0 Å². The predicted molar refractivity (Wildman–Crippen MR) is 104 cm³/mol. The molecule has 0 unspecified atom stereocenters. The Bertz CT molecular complexity index is 1100. The van der Waals surface area contributed by atoms with Crippen LogP contribution in [0.2, 0.25) is 0 Å². The quantitative estimate of drug-likeness (QED) is 0.591. The lowest BCUT2D eigenvalue weighted by Gasteiger charge is -2.09. The number of ether oxygens (including phenoxy) is 1. The summed E-state index contributed by atoms with van der Waals surface area (Å²) in [5.74, 6) is -0.241. The van der Waals surface area contributed by atoms with Gasteiger partial charge in [0.2, 0.25) is 5.09 Å². The topological polar surface area (TPSA) is 81.8 Å². The van der Waals surface area contributed by atoms with E-state index in [-0.39, 0.29) is 17.5 Å². The van der Waals surface area contributed by atoms with Crippen LogP contribution in [0.25, 0.3) is 5.69 Å².